The molecule has 43 heavy (non-hydrogen) atoms. The first-order valence-corrected chi connectivity index (χ1v) is 14.2. The largest absolute Gasteiger partial charge is 3.00 e. The van der Waals surface area contributed by atoms with Crippen LogP contribution in [0.2, 0.25) is 0 Å². The van der Waals surface area contributed by atoms with E-state index in [4.69, 9.17) is 0 Å². The molecule has 0 heterocycles. The van der Waals surface area contributed by atoms with Crippen LogP contribution in [0.25, 0.3) is 0 Å². The maximum absolute atomic E-state index is 11.5. The van der Waals surface area contributed by atoms with Crippen molar-refractivity contribution < 1.29 is 79.7 Å². The molecule has 0 aromatic carbocycles. The molecule has 0 aromatic heterocycles. The van der Waals surface area contributed by atoms with E-state index in [0.717, 1.165) is 0 Å². The van der Waals surface area contributed by atoms with Crippen molar-refractivity contribution in [3.8, 4) is 0 Å². The number of hydrogen-bond acceptors (Lipinski definition) is 9. The van der Waals surface area contributed by atoms with Crippen molar-refractivity contribution in [1.29, 1.82) is 0 Å². The molecule has 10 heteroatoms. The number of rotatable bonds is 6. The van der Waals surface area contributed by atoms with Crippen LogP contribution in [0, 0.1) is 68.1 Å². The second-order valence-electron chi connectivity index (χ2n) is 16.8. The number of Topliss-reactive ketones (excluding diaryl/α,β-unsaturated/α-hetero) is 6. The van der Waals surface area contributed by atoms with Gasteiger partial charge in [0, 0.05) is 32.5 Å². The monoisotopic (exact) mass is 736 g/mol. The van der Waals surface area contributed by atoms with Gasteiger partial charge in [-0.05, 0) is 18.3 Å². The zero-order valence-electron chi connectivity index (χ0n) is 30.0. The predicted octanol–water partition coefficient (Wildman–Crippen LogP) is 2.84. The number of carbonyl (C=O) groups excluding carboxylic acids is 6. The summed E-state index contributed by atoms with van der Waals surface area (Å²) in [7, 11) is 0. The van der Waals surface area contributed by atoms with Crippen LogP contribution in [-0.4, -0.2) is 53.0 Å². The molecule has 0 rings (SSSR count). The van der Waals surface area contributed by atoms with Gasteiger partial charge >= 0.3 is 35.6 Å². The normalized spacial score (nSPS) is 12.8. The van der Waals surface area contributed by atoms with Crippen molar-refractivity contribution in [2.75, 3.05) is 0 Å². The molecule has 0 spiro atoms. The van der Waals surface area contributed by atoms with Crippen molar-refractivity contribution in [2.45, 2.75) is 143 Å². The van der Waals surface area contributed by atoms with E-state index in [1.807, 2.05) is 0 Å². The van der Waals surface area contributed by atoms with E-state index in [9.17, 15) is 44.1 Å². The molecule has 246 valence electrons. The Bertz CT molecular complexity index is 778. The average molecular weight is 737 g/mol. The van der Waals surface area contributed by atoms with Crippen molar-refractivity contribution in [2.24, 2.45) is 32.5 Å². The van der Waals surface area contributed by atoms with Gasteiger partial charge in [-0.1, -0.05) is 125 Å². The Hall–Kier alpha value is -0.905. The Morgan fingerprint density at radius 1 is 0.302 bits per heavy atom. The zero-order valence-corrected chi connectivity index (χ0v) is 33.6. The smallest absolute Gasteiger partial charge is 0.841 e. The molecule has 0 amide bonds. The van der Waals surface area contributed by atoms with Gasteiger partial charge in [-0.2, -0.15) is 0 Å². The Morgan fingerprint density at radius 2 is 0.372 bits per heavy atom. The number of carbonyl (C=O) groups is 6. The summed E-state index contributed by atoms with van der Waals surface area (Å²) in [6.45, 7) is 29.7. The summed E-state index contributed by atoms with van der Waals surface area (Å²) < 4.78 is 0. The van der Waals surface area contributed by atoms with Gasteiger partial charge in [0.15, 0.2) is 0 Å². The van der Waals surface area contributed by atoms with Gasteiger partial charge in [0.25, 0.3) is 0 Å². The van der Waals surface area contributed by atoms with Crippen LogP contribution in [-0.2, 0) is 28.8 Å². The summed E-state index contributed by atoms with van der Waals surface area (Å²) >= 11 is 0. The van der Waals surface area contributed by atoms with E-state index in [1.165, 1.54) is 0 Å². The van der Waals surface area contributed by atoms with Crippen LogP contribution >= 0.6 is 0 Å². The summed E-state index contributed by atoms with van der Waals surface area (Å²) in [4.78, 5) is 69.1. The second-order valence-corrected chi connectivity index (χ2v) is 16.8. The third-order valence-corrected chi connectivity index (χ3v) is 5.86. The first kappa shape index (κ1) is 49.0. The molecule has 0 saturated carbocycles. The van der Waals surface area contributed by atoms with Gasteiger partial charge in [-0.3, -0.25) is 28.8 Å². The molecular weight excluding hydrogens is 679 g/mol. The van der Waals surface area contributed by atoms with Gasteiger partial charge in [-0.15, -0.1) is 0 Å². The Kier molecular flexibility index (Phi) is 19.5. The van der Waals surface area contributed by atoms with Crippen LogP contribution in [0.4, 0.5) is 0 Å². The SMILES string of the molecule is CC(C)(C)C(=O)C([O-])C(=O)C(C)(C)C.CC(C)(C)C(=O)C([O-])C(=O)C(C)(C)C.CC(C)(C)C(=O)C([O-])C(=O)C(C)(C)C.[La+3]. The molecule has 0 aliphatic rings. The molecule has 0 unspecified atom stereocenters. The van der Waals surface area contributed by atoms with Gasteiger partial charge in [0.2, 0.25) is 0 Å². The molecule has 0 aromatic rings. The Labute approximate surface area is 288 Å². The summed E-state index contributed by atoms with van der Waals surface area (Å²) in [5.74, 6) is -3.18. The van der Waals surface area contributed by atoms with E-state index < -0.39 is 85.5 Å². The molecule has 0 bridgehead atoms. The van der Waals surface area contributed by atoms with Crippen LogP contribution < -0.4 is 15.3 Å². The quantitative estimate of drug-likeness (QED) is 0.372. The van der Waals surface area contributed by atoms with Gasteiger partial charge in [0.05, 0.1) is 0 Å². The second kappa shape index (κ2) is 17.1. The maximum atomic E-state index is 11.5. The number of ketones is 6. The van der Waals surface area contributed by atoms with Crippen molar-refractivity contribution in [1.82, 2.24) is 0 Å². The first-order valence-electron chi connectivity index (χ1n) is 14.2. The van der Waals surface area contributed by atoms with E-state index in [2.05, 4.69) is 0 Å². The molecule has 0 saturated heterocycles. The number of hydrogen-bond donors (Lipinski definition) is 0. The van der Waals surface area contributed by atoms with E-state index in [0.29, 0.717) is 0 Å². The van der Waals surface area contributed by atoms with Crippen LogP contribution in [0.3, 0.4) is 0 Å². The zero-order chi connectivity index (χ0) is 35.2. The fourth-order valence-electron chi connectivity index (χ4n) is 2.72. The third kappa shape index (κ3) is 18.0. The Balaban J connectivity index is -0.000000262. The van der Waals surface area contributed by atoms with E-state index in [-0.39, 0.29) is 35.6 Å². The summed E-state index contributed by atoms with van der Waals surface area (Å²) in [6, 6.07) is 0. The fraction of sp³-hybridized carbons (Fsp3) is 0.818. The van der Waals surface area contributed by atoms with E-state index in [1.54, 1.807) is 125 Å². The minimum atomic E-state index is -1.74. The molecule has 0 atom stereocenters. The molecule has 9 nitrogen and oxygen atoms in total. The van der Waals surface area contributed by atoms with E-state index >= 15 is 0 Å². The summed E-state index contributed by atoms with van der Waals surface area (Å²) in [5.41, 5.74) is -4.46. The fourth-order valence-corrected chi connectivity index (χ4v) is 2.72. The average Bonchev–Trinajstić information content (AvgIpc) is 2.76. The van der Waals surface area contributed by atoms with Crippen molar-refractivity contribution in [3.05, 3.63) is 0 Å². The minimum Gasteiger partial charge on any atom is -0.841 e. The minimum absolute atomic E-state index is 0. The van der Waals surface area contributed by atoms with Crippen molar-refractivity contribution in [3.63, 3.8) is 0 Å². The van der Waals surface area contributed by atoms with Crippen LogP contribution in [0.5, 0.6) is 0 Å². The standard InChI is InChI=1S/3C11H19O3.La/c3*1-10(2,3)8(13)7(12)9(14)11(4,5)6;/h3*7H,1-6H3;/q3*-1;+3. The summed E-state index contributed by atoms with van der Waals surface area (Å²) in [6.07, 6.45) is -5.22. The topological polar surface area (TPSA) is 172 Å². The Morgan fingerprint density at radius 3 is 0.419 bits per heavy atom. The van der Waals surface area contributed by atoms with Gasteiger partial charge in [0.1, 0.15) is 34.7 Å². The maximum Gasteiger partial charge on any atom is 3.00 e. The third-order valence-electron chi connectivity index (χ3n) is 5.86. The molecule has 0 aliphatic heterocycles. The molecule has 0 aliphatic carbocycles. The van der Waals surface area contributed by atoms with Crippen molar-refractivity contribution >= 4 is 34.7 Å². The predicted molar refractivity (Wildman–Crippen MR) is 158 cm³/mol. The van der Waals surface area contributed by atoms with Gasteiger partial charge in [-0.25, -0.2) is 0 Å². The summed E-state index contributed by atoms with van der Waals surface area (Å²) in [5, 5.41) is 34.6. The first-order chi connectivity index (χ1) is 17.9. The molecule has 0 radical (unpaired) electrons. The van der Waals surface area contributed by atoms with Crippen LogP contribution in [0.15, 0.2) is 0 Å². The molecule has 0 fully saturated rings. The molecular formula is C33H57LaO9. The van der Waals surface area contributed by atoms with Gasteiger partial charge < -0.3 is 15.3 Å². The van der Waals surface area contributed by atoms with Crippen LogP contribution in [0.1, 0.15) is 125 Å². The molecule has 0 N–H and O–H groups in total.